The van der Waals surface area contributed by atoms with Crippen LogP contribution in [0, 0.1) is 6.92 Å². The first-order valence-electron chi connectivity index (χ1n) is 5.61. The van der Waals surface area contributed by atoms with Crippen LogP contribution in [0.5, 0.6) is 5.75 Å². The Morgan fingerprint density at radius 3 is 2.95 bits per heavy atom. The van der Waals surface area contributed by atoms with Crippen LogP contribution in [0.25, 0.3) is 0 Å². The molecule has 100 valence electrons. The van der Waals surface area contributed by atoms with E-state index in [9.17, 15) is 4.79 Å². The van der Waals surface area contributed by atoms with E-state index >= 15 is 0 Å². The van der Waals surface area contributed by atoms with Gasteiger partial charge in [-0.2, -0.15) is 11.3 Å². The molecule has 0 aliphatic carbocycles. The molecule has 1 amide bonds. The molecule has 0 radical (unpaired) electrons. The summed E-state index contributed by atoms with van der Waals surface area (Å²) in [6, 6.07) is 7.14. The van der Waals surface area contributed by atoms with Gasteiger partial charge in [-0.3, -0.25) is 15.6 Å². The molecule has 2 aromatic rings. The van der Waals surface area contributed by atoms with E-state index in [1.54, 1.807) is 29.5 Å². The minimum absolute atomic E-state index is 0.0559. The molecule has 0 spiro atoms. The van der Waals surface area contributed by atoms with Crippen LogP contribution in [0.1, 0.15) is 5.56 Å². The van der Waals surface area contributed by atoms with Gasteiger partial charge in [0.1, 0.15) is 5.75 Å². The van der Waals surface area contributed by atoms with E-state index in [0.717, 1.165) is 11.3 Å². The summed E-state index contributed by atoms with van der Waals surface area (Å²) < 4.78 is 5.42. The molecule has 1 aromatic carbocycles. The first kappa shape index (κ1) is 13.7. The predicted molar refractivity (Wildman–Crippen MR) is 77.8 cm³/mol. The number of anilines is 1. The van der Waals surface area contributed by atoms with Crippen molar-refractivity contribution in [1.29, 1.82) is 0 Å². The van der Waals surface area contributed by atoms with Crippen LogP contribution >= 0.6 is 22.9 Å². The Balaban J connectivity index is 1.80. The second-order valence-corrected chi connectivity index (χ2v) is 5.10. The number of hydrogen-bond donors (Lipinski definition) is 2. The van der Waals surface area contributed by atoms with Crippen LogP contribution in [-0.2, 0) is 4.79 Å². The number of rotatable bonds is 5. The third-order valence-corrected chi connectivity index (χ3v) is 3.28. The van der Waals surface area contributed by atoms with Gasteiger partial charge >= 0.3 is 0 Å². The van der Waals surface area contributed by atoms with Gasteiger partial charge in [-0.25, -0.2) is 0 Å². The lowest BCUT2D eigenvalue weighted by Gasteiger charge is -2.10. The van der Waals surface area contributed by atoms with Crippen LogP contribution in [0.3, 0.4) is 0 Å². The molecule has 2 N–H and O–H groups in total. The maximum absolute atomic E-state index is 11.6. The zero-order valence-electron chi connectivity index (χ0n) is 10.3. The fourth-order valence-electron chi connectivity index (χ4n) is 1.43. The van der Waals surface area contributed by atoms with Crippen molar-refractivity contribution in [1.82, 2.24) is 5.43 Å². The molecule has 0 unspecified atom stereocenters. The molecular formula is C13H13ClN2O2S. The number of carbonyl (C=O) groups is 1. The Labute approximate surface area is 120 Å². The lowest BCUT2D eigenvalue weighted by atomic mass is 10.2. The van der Waals surface area contributed by atoms with Crippen molar-refractivity contribution < 1.29 is 9.53 Å². The second-order valence-electron chi connectivity index (χ2n) is 3.88. The summed E-state index contributed by atoms with van der Waals surface area (Å²) in [5, 5.41) is 4.46. The smallest absolute Gasteiger partial charge is 0.276 e. The summed E-state index contributed by atoms with van der Waals surface area (Å²) in [6.45, 7) is 1.82. The Bertz CT molecular complexity index is 558. The van der Waals surface area contributed by atoms with E-state index in [-0.39, 0.29) is 12.5 Å². The van der Waals surface area contributed by atoms with Crippen molar-refractivity contribution in [2.24, 2.45) is 0 Å². The molecule has 4 nitrogen and oxygen atoms in total. The van der Waals surface area contributed by atoms with Crippen LogP contribution in [0.4, 0.5) is 5.69 Å². The normalized spacial score (nSPS) is 10.0. The van der Waals surface area contributed by atoms with Gasteiger partial charge < -0.3 is 4.74 Å². The molecule has 1 aromatic heterocycles. The summed E-state index contributed by atoms with van der Waals surface area (Å²) in [6.07, 6.45) is 0. The van der Waals surface area contributed by atoms with Crippen molar-refractivity contribution in [3.63, 3.8) is 0 Å². The highest BCUT2D eigenvalue weighted by molar-refractivity contribution is 7.08. The zero-order chi connectivity index (χ0) is 13.7. The summed E-state index contributed by atoms with van der Waals surface area (Å²) in [5.41, 5.74) is 7.09. The molecule has 19 heavy (non-hydrogen) atoms. The minimum atomic E-state index is -0.249. The minimum Gasteiger partial charge on any atom is -0.483 e. The monoisotopic (exact) mass is 296 g/mol. The van der Waals surface area contributed by atoms with E-state index in [2.05, 4.69) is 10.9 Å². The molecule has 0 fully saturated rings. The maximum atomic E-state index is 11.6. The Hall–Kier alpha value is -1.72. The first-order chi connectivity index (χ1) is 9.15. The molecule has 0 aliphatic heterocycles. The van der Waals surface area contributed by atoms with Gasteiger partial charge in [0, 0.05) is 10.4 Å². The maximum Gasteiger partial charge on any atom is 0.276 e. The third-order valence-electron chi connectivity index (χ3n) is 2.36. The number of aryl methyl sites for hydroxylation is 1. The van der Waals surface area contributed by atoms with Crippen LogP contribution in [0.2, 0.25) is 5.02 Å². The highest BCUT2D eigenvalue weighted by Crippen LogP contribution is 2.21. The Morgan fingerprint density at radius 1 is 1.42 bits per heavy atom. The third kappa shape index (κ3) is 4.15. The topological polar surface area (TPSA) is 50.4 Å². The van der Waals surface area contributed by atoms with Crippen molar-refractivity contribution in [2.75, 3.05) is 12.0 Å². The van der Waals surface area contributed by atoms with Crippen molar-refractivity contribution >= 4 is 34.5 Å². The van der Waals surface area contributed by atoms with Crippen molar-refractivity contribution in [3.05, 3.63) is 45.6 Å². The van der Waals surface area contributed by atoms with Gasteiger partial charge in [0.05, 0.1) is 5.69 Å². The van der Waals surface area contributed by atoms with Crippen LogP contribution in [0.15, 0.2) is 35.0 Å². The summed E-state index contributed by atoms with van der Waals surface area (Å²) >= 11 is 7.39. The Morgan fingerprint density at radius 2 is 2.26 bits per heavy atom. The van der Waals surface area contributed by atoms with Gasteiger partial charge in [-0.1, -0.05) is 11.6 Å². The molecular weight excluding hydrogens is 284 g/mol. The molecule has 1 heterocycles. The quantitative estimate of drug-likeness (QED) is 0.833. The Kier molecular flexibility index (Phi) is 4.65. The number of amides is 1. The standard InChI is InChI=1S/C13H13ClN2O2S/c1-9-6-10(14)2-3-12(9)18-7-13(17)16-15-11-4-5-19-8-11/h2-6,8,15H,7H2,1H3,(H,16,17). The number of hydrogen-bond acceptors (Lipinski definition) is 4. The van der Waals surface area contributed by atoms with Crippen molar-refractivity contribution in [2.45, 2.75) is 6.92 Å². The molecule has 0 saturated carbocycles. The van der Waals surface area contributed by atoms with Crippen LogP contribution < -0.4 is 15.6 Å². The van der Waals surface area contributed by atoms with Gasteiger partial charge in [-0.05, 0) is 42.1 Å². The molecule has 0 saturated heterocycles. The number of hydrazine groups is 1. The lowest BCUT2D eigenvalue weighted by molar-refractivity contribution is -0.122. The van der Waals surface area contributed by atoms with E-state index < -0.39 is 0 Å². The summed E-state index contributed by atoms with van der Waals surface area (Å²) in [7, 11) is 0. The van der Waals surface area contributed by atoms with Gasteiger partial charge in [0.25, 0.3) is 5.91 Å². The number of halogens is 1. The van der Waals surface area contributed by atoms with Crippen molar-refractivity contribution in [3.8, 4) is 5.75 Å². The predicted octanol–water partition coefficient (Wildman–Crippen LogP) is 3.23. The molecule has 0 atom stereocenters. The number of nitrogens with one attached hydrogen (secondary N) is 2. The highest BCUT2D eigenvalue weighted by Gasteiger charge is 2.05. The number of benzene rings is 1. The summed E-state index contributed by atoms with van der Waals surface area (Å²) in [5.74, 6) is 0.399. The van der Waals surface area contributed by atoms with E-state index in [4.69, 9.17) is 16.3 Å². The average molecular weight is 297 g/mol. The van der Waals surface area contributed by atoms with Gasteiger partial charge in [0.2, 0.25) is 0 Å². The molecule has 0 aliphatic rings. The highest BCUT2D eigenvalue weighted by atomic mass is 35.5. The zero-order valence-corrected chi connectivity index (χ0v) is 11.8. The SMILES string of the molecule is Cc1cc(Cl)ccc1OCC(=O)NNc1ccsc1. The number of thiophene rings is 1. The average Bonchev–Trinajstić information content (AvgIpc) is 2.88. The fraction of sp³-hybridized carbons (Fsp3) is 0.154. The number of ether oxygens (including phenoxy) is 1. The van der Waals surface area contributed by atoms with Crippen LogP contribution in [-0.4, -0.2) is 12.5 Å². The van der Waals surface area contributed by atoms with Gasteiger partial charge in [0.15, 0.2) is 6.61 Å². The second kappa shape index (κ2) is 6.45. The van der Waals surface area contributed by atoms with E-state index in [0.29, 0.717) is 10.8 Å². The molecule has 2 rings (SSSR count). The molecule has 6 heteroatoms. The lowest BCUT2D eigenvalue weighted by Crippen LogP contribution is -2.33. The fourth-order valence-corrected chi connectivity index (χ4v) is 2.25. The summed E-state index contributed by atoms with van der Waals surface area (Å²) in [4.78, 5) is 11.6. The largest absolute Gasteiger partial charge is 0.483 e. The molecule has 0 bridgehead atoms. The van der Waals surface area contributed by atoms with Gasteiger partial charge in [-0.15, -0.1) is 0 Å². The first-order valence-corrected chi connectivity index (χ1v) is 6.93. The van der Waals surface area contributed by atoms with E-state index in [1.807, 2.05) is 23.8 Å². The number of carbonyl (C=O) groups excluding carboxylic acids is 1. The van der Waals surface area contributed by atoms with E-state index in [1.165, 1.54) is 0 Å².